The second-order valence-corrected chi connectivity index (χ2v) is 30.5. The Hall–Kier alpha value is -9.26. The Morgan fingerprint density at radius 2 is 0.805 bits per heavy atom. The van der Waals surface area contributed by atoms with E-state index in [4.69, 9.17) is 10.8 Å². The van der Waals surface area contributed by atoms with Crippen LogP contribution in [0.3, 0.4) is 0 Å². The Balaban J connectivity index is 3.61. The van der Waals surface area contributed by atoms with Gasteiger partial charge >= 0.3 is 17.9 Å². The number of unbranched alkanes of at least 4 members (excludes halogenated alkanes) is 1. The summed E-state index contributed by atoms with van der Waals surface area (Å²) in [6.45, 7) is 17.0. The number of carbonyl (C=O) groups is 17. The van der Waals surface area contributed by atoms with E-state index in [-0.39, 0.29) is 81.4 Å². The number of nitrogens with two attached hydrogens (primary N) is 1. The lowest BCUT2D eigenvalue weighted by Crippen LogP contribution is -2.63. The maximum absolute atomic E-state index is 14.6. The highest BCUT2D eigenvalue weighted by Crippen LogP contribution is 2.17. The monoisotopic (exact) mass is 1640 g/mol. The lowest BCUT2D eigenvalue weighted by molar-refractivity contribution is -0.144. The average molecular weight is 1640 g/mol. The molecule has 0 aliphatic heterocycles. The zero-order chi connectivity index (χ0) is 86.1. The first kappa shape index (κ1) is 102. The van der Waals surface area contributed by atoms with Crippen molar-refractivity contribution in [2.45, 2.75) is 257 Å². The molecule has 1 aromatic rings. The molecule has 640 valence electrons. The molecule has 0 aromatic carbocycles. The second-order valence-electron chi connectivity index (χ2n) is 29.2. The summed E-state index contributed by atoms with van der Waals surface area (Å²) in [7, 11) is 0. The minimum absolute atomic E-state index is 0.0606. The van der Waals surface area contributed by atoms with E-state index in [1.807, 2.05) is 0 Å². The van der Waals surface area contributed by atoms with Crippen LogP contribution < -0.4 is 80.2 Å². The molecule has 0 aliphatic rings. The van der Waals surface area contributed by atoms with Crippen molar-refractivity contribution in [2.75, 3.05) is 37.5 Å². The van der Waals surface area contributed by atoms with E-state index in [0.29, 0.717) is 12.2 Å². The molecule has 0 fully saturated rings. The van der Waals surface area contributed by atoms with Crippen LogP contribution >= 0.6 is 24.4 Å². The summed E-state index contributed by atoms with van der Waals surface area (Å²) in [6, 6.07) is -21.7. The molecule has 0 unspecified atom stereocenters. The van der Waals surface area contributed by atoms with Gasteiger partial charge in [-0.15, -0.1) is 0 Å². The minimum Gasteiger partial charge on any atom is -0.481 e. The molecular formula is C71H121N17O23S2. The van der Waals surface area contributed by atoms with Crippen molar-refractivity contribution in [1.82, 2.24) is 84.4 Å². The molecule has 0 spiro atoms. The Bertz CT molecular complexity index is 3320. The maximum Gasteiger partial charge on any atom is 0.326 e. The first-order chi connectivity index (χ1) is 53.0. The van der Waals surface area contributed by atoms with Gasteiger partial charge in [-0.3, -0.25) is 76.7 Å². The van der Waals surface area contributed by atoms with Gasteiger partial charge in [0.05, 0.1) is 25.6 Å². The zero-order valence-corrected chi connectivity index (χ0v) is 68.1. The molecule has 42 heteroatoms. The standard InChI is InChI=1S/C71H121N17O23S2/c1-14-38(10)56(87-60(99)43(18-20-53(93)94)77-64(103)49(28-41-29-73-33-74-41)82-68(107)55(37(8)9)86-70(109)57(39(11)91)88-66(105)51(31-90)83-59(98)44(22-24-113-13)75-40(12)92)69(108)81-48(27-36(6)7)63(102)85-52(32-112)67(106)76-42(17-15-16-23-72)58(97)79-47(26-35(4)5)62(101)84-50(30-89)65(104)80-46(25-34(2)3)61(100)78-45(71(110)111)19-21-54(95)96/h29,33-39,42-52,55-57,89-91,112H,14-28,30-32,72H2,1-13H3,(H,73,74)(H,75,92)(H,76,106)(H,77,103)(H,78,100)(H,79,97)(H,80,104)(H,81,108)(H,82,107)(H,83,98)(H,84,101)(H,85,102)(H,86,109)(H,87,99)(H,88,105)(H,93,94)(H,95,96)(H,110,111)/t38-,39+,42-,43-,44-,45-,46-,47-,48-,49-,50-,51-,52-,55-,56-,57-/m0/s1. The van der Waals surface area contributed by atoms with Crippen molar-refractivity contribution in [3.8, 4) is 0 Å². The van der Waals surface area contributed by atoms with Crippen LogP contribution in [0.25, 0.3) is 0 Å². The van der Waals surface area contributed by atoms with Crippen LogP contribution in [0.4, 0.5) is 0 Å². The quantitative estimate of drug-likeness (QED) is 0.0216. The average Bonchev–Trinajstić information content (AvgIpc) is 1.01. The number of aliphatic carboxylic acids is 3. The molecule has 16 atom stereocenters. The van der Waals surface area contributed by atoms with Gasteiger partial charge in [0, 0.05) is 43.8 Å². The van der Waals surface area contributed by atoms with Crippen molar-refractivity contribution < 1.29 is 112 Å². The van der Waals surface area contributed by atoms with Crippen LogP contribution in [0.15, 0.2) is 12.5 Å². The van der Waals surface area contributed by atoms with Gasteiger partial charge in [-0.2, -0.15) is 24.4 Å². The number of nitrogens with one attached hydrogen (secondary N) is 15. The van der Waals surface area contributed by atoms with E-state index in [1.54, 1.807) is 61.6 Å². The summed E-state index contributed by atoms with van der Waals surface area (Å²) in [4.78, 5) is 237. The molecule has 0 aliphatic carbocycles. The minimum atomic E-state index is -1.83. The number of carboxylic acid groups (broad SMARTS) is 3. The molecule has 14 amide bonds. The third-order valence-electron chi connectivity index (χ3n) is 17.6. The van der Waals surface area contributed by atoms with Gasteiger partial charge in [-0.05, 0) is 113 Å². The maximum atomic E-state index is 14.6. The molecule has 0 saturated heterocycles. The summed E-state index contributed by atoms with van der Waals surface area (Å²) in [5, 5.41) is 94.4. The predicted octanol–water partition coefficient (Wildman–Crippen LogP) is -4.41. The lowest BCUT2D eigenvalue weighted by atomic mass is 9.96. The second kappa shape index (κ2) is 52.9. The molecule has 0 bridgehead atoms. The molecule has 40 nitrogen and oxygen atoms in total. The Morgan fingerprint density at radius 1 is 0.451 bits per heavy atom. The van der Waals surface area contributed by atoms with Crippen LogP contribution in [0.1, 0.15) is 166 Å². The Morgan fingerprint density at radius 3 is 1.21 bits per heavy atom. The number of carbonyl (C=O) groups excluding carboxylic acids is 14. The molecule has 0 saturated carbocycles. The smallest absolute Gasteiger partial charge is 0.326 e. The van der Waals surface area contributed by atoms with Crippen molar-refractivity contribution in [2.24, 2.45) is 35.3 Å². The Labute approximate surface area is 667 Å². The van der Waals surface area contributed by atoms with Gasteiger partial charge in [0.1, 0.15) is 84.6 Å². The summed E-state index contributed by atoms with van der Waals surface area (Å²) in [5.41, 5.74) is 6.04. The first-order valence-electron chi connectivity index (χ1n) is 37.5. The summed E-state index contributed by atoms with van der Waals surface area (Å²) < 4.78 is 0. The highest BCUT2D eigenvalue weighted by molar-refractivity contribution is 7.98. The number of aliphatic hydroxyl groups is 3. The fourth-order valence-electron chi connectivity index (χ4n) is 11.2. The number of hydrogen-bond donors (Lipinski definition) is 23. The molecule has 1 heterocycles. The predicted molar refractivity (Wildman–Crippen MR) is 415 cm³/mol. The van der Waals surface area contributed by atoms with Gasteiger partial charge in [-0.25, -0.2) is 9.78 Å². The van der Waals surface area contributed by atoms with Crippen LogP contribution in [0.2, 0.25) is 0 Å². The third-order valence-corrected chi connectivity index (χ3v) is 18.6. The van der Waals surface area contributed by atoms with E-state index >= 15 is 0 Å². The number of aromatic amines is 1. The Kier molecular flexibility index (Phi) is 47.7. The number of nitrogens with zero attached hydrogens (tertiary/aromatic N) is 1. The van der Waals surface area contributed by atoms with Gasteiger partial charge in [0.15, 0.2) is 0 Å². The first-order valence-corrected chi connectivity index (χ1v) is 39.6. The number of carboxylic acids is 3. The van der Waals surface area contributed by atoms with Crippen molar-refractivity contribution >= 4 is 125 Å². The van der Waals surface area contributed by atoms with Gasteiger partial charge < -0.3 is 116 Å². The van der Waals surface area contributed by atoms with E-state index in [2.05, 4.69) is 97.0 Å². The summed E-state index contributed by atoms with van der Waals surface area (Å²) >= 11 is 5.70. The van der Waals surface area contributed by atoms with Crippen molar-refractivity contribution in [3.63, 3.8) is 0 Å². The van der Waals surface area contributed by atoms with E-state index < -0.39 is 248 Å². The summed E-state index contributed by atoms with van der Waals surface area (Å²) in [5.74, 6) is -20.3. The largest absolute Gasteiger partial charge is 0.481 e. The van der Waals surface area contributed by atoms with Crippen molar-refractivity contribution in [1.29, 1.82) is 0 Å². The van der Waals surface area contributed by atoms with Gasteiger partial charge in [0.25, 0.3) is 0 Å². The highest BCUT2D eigenvalue weighted by Gasteiger charge is 2.40. The van der Waals surface area contributed by atoms with Crippen LogP contribution in [0.5, 0.6) is 0 Å². The number of rotatable bonds is 56. The number of imidazole rings is 1. The lowest BCUT2D eigenvalue weighted by Gasteiger charge is -2.30. The number of amides is 14. The molecule has 113 heavy (non-hydrogen) atoms. The molecule has 1 rings (SSSR count). The number of aromatic nitrogens is 2. The van der Waals surface area contributed by atoms with Gasteiger partial charge in [0.2, 0.25) is 82.7 Å². The molecule has 0 radical (unpaired) electrons. The summed E-state index contributed by atoms with van der Waals surface area (Å²) in [6.07, 6.45) is 0.589. The number of H-pyrrole nitrogens is 1. The molecule has 23 N–H and O–H groups in total. The van der Waals surface area contributed by atoms with E-state index in [1.165, 1.54) is 45.1 Å². The van der Waals surface area contributed by atoms with Gasteiger partial charge in [-0.1, -0.05) is 75.7 Å². The van der Waals surface area contributed by atoms with Crippen LogP contribution in [-0.4, -0.2) is 269 Å². The zero-order valence-electron chi connectivity index (χ0n) is 66.4. The third kappa shape index (κ3) is 38.4. The van der Waals surface area contributed by atoms with E-state index in [9.17, 15) is 107 Å². The normalized spacial score (nSPS) is 15.6. The molecular weight excluding hydrogens is 1520 g/mol. The van der Waals surface area contributed by atoms with Crippen LogP contribution in [-0.2, 0) is 87.9 Å². The highest BCUT2D eigenvalue weighted by atomic mass is 32.2. The fraction of sp³-hybridized carbons (Fsp3) is 0.718. The number of aliphatic hydroxyl groups excluding tert-OH is 3. The number of thioether (sulfide) groups is 1. The van der Waals surface area contributed by atoms with Crippen molar-refractivity contribution in [3.05, 3.63) is 18.2 Å². The fourth-order valence-corrected chi connectivity index (χ4v) is 11.9. The number of hydrogen-bond acceptors (Lipinski definition) is 24. The van der Waals surface area contributed by atoms with Crippen LogP contribution in [0, 0.1) is 29.6 Å². The van der Waals surface area contributed by atoms with E-state index in [0.717, 1.165) is 6.92 Å². The SMILES string of the molecule is CC[C@H](C)[C@H](NC(=O)[C@H](CCC(=O)O)NC(=O)[C@H](Cc1cnc[nH]1)NC(=O)[C@@H](NC(=O)[C@@H](NC(=O)[C@H](CO)NC(=O)[C@H](CCSC)NC(C)=O)[C@@H](C)O)C(C)C)C(=O)N[C@@H](CC(C)C)C(=O)N[C@@H](CS)C(=O)N[C@@H](CCCCN)C(=O)N[C@@H](CC(C)C)C(=O)N[C@@H](CO)C(=O)N[C@@H](CC(C)C)C(=O)N[C@@H](CCC(=O)O)C(=O)O. The topological polar surface area (TPSA) is 635 Å². The molecule has 1 aromatic heterocycles. The number of thiol groups is 1.